The number of nitrogens with two attached hydrogens (primary N) is 1. The van der Waals surface area contributed by atoms with Crippen LogP contribution in [0.3, 0.4) is 0 Å². The number of benzene rings is 1. The Bertz CT molecular complexity index is 436. The SMILES string of the molecule is [N-]=[N+]=NCC=Cc1c(N)ccc(F)c1F. The van der Waals surface area contributed by atoms with Gasteiger partial charge in [-0.15, -0.1) is 0 Å². The van der Waals surface area contributed by atoms with E-state index in [9.17, 15) is 8.78 Å². The summed E-state index contributed by atoms with van der Waals surface area (Å²) >= 11 is 0. The summed E-state index contributed by atoms with van der Waals surface area (Å²) in [5, 5.41) is 3.21. The zero-order chi connectivity index (χ0) is 11.3. The molecule has 0 spiro atoms. The lowest BCUT2D eigenvalue weighted by atomic mass is 10.1. The molecule has 15 heavy (non-hydrogen) atoms. The lowest BCUT2D eigenvalue weighted by molar-refractivity contribution is 0.507. The van der Waals surface area contributed by atoms with Crippen LogP contribution < -0.4 is 5.73 Å². The molecular weight excluding hydrogens is 202 g/mol. The van der Waals surface area contributed by atoms with E-state index in [-0.39, 0.29) is 17.8 Å². The maximum absolute atomic E-state index is 13.2. The third kappa shape index (κ3) is 2.69. The quantitative estimate of drug-likeness (QED) is 0.354. The molecule has 1 aromatic rings. The first-order valence-corrected chi connectivity index (χ1v) is 4.07. The molecule has 1 aromatic carbocycles. The highest BCUT2D eigenvalue weighted by molar-refractivity contribution is 5.65. The Balaban J connectivity index is 2.98. The predicted molar refractivity (Wildman–Crippen MR) is 53.8 cm³/mol. The lowest BCUT2D eigenvalue weighted by Gasteiger charge is -2.02. The molecule has 78 valence electrons. The highest BCUT2D eigenvalue weighted by atomic mass is 19.2. The van der Waals surface area contributed by atoms with E-state index in [4.69, 9.17) is 11.3 Å². The summed E-state index contributed by atoms with van der Waals surface area (Å²) in [7, 11) is 0. The molecule has 0 bridgehead atoms. The smallest absolute Gasteiger partial charge is 0.168 e. The van der Waals surface area contributed by atoms with Gasteiger partial charge in [-0.1, -0.05) is 17.3 Å². The standard InChI is InChI=1S/C9H8F2N4/c10-7-3-4-8(12)6(9(7)11)2-1-5-14-15-13/h1-4H,5,12H2. The van der Waals surface area contributed by atoms with E-state index in [0.717, 1.165) is 6.07 Å². The van der Waals surface area contributed by atoms with Gasteiger partial charge in [-0.2, -0.15) is 0 Å². The van der Waals surface area contributed by atoms with Gasteiger partial charge in [0, 0.05) is 22.7 Å². The number of hydrogen-bond acceptors (Lipinski definition) is 2. The molecule has 0 unspecified atom stereocenters. The van der Waals surface area contributed by atoms with Crippen LogP contribution in [0.2, 0.25) is 0 Å². The highest BCUT2D eigenvalue weighted by Crippen LogP contribution is 2.20. The van der Waals surface area contributed by atoms with E-state index in [0.29, 0.717) is 0 Å². The Labute approximate surface area is 84.6 Å². The second-order valence-electron chi connectivity index (χ2n) is 2.68. The van der Waals surface area contributed by atoms with Gasteiger partial charge in [-0.3, -0.25) is 0 Å². The van der Waals surface area contributed by atoms with Crippen molar-refractivity contribution in [2.24, 2.45) is 5.11 Å². The van der Waals surface area contributed by atoms with Crippen molar-refractivity contribution < 1.29 is 8.78 Å². The minimum atomic E-state index is -1.01. The van der Waals surface area contributed by atoms with Crippen LogP contribution in [0.5, 0.6) is 0 Å². The van der Waals surface area contributed by atoms with Crippen molar-refractivity contribution in [1.82, 2.24) is 0 Å². The molecule has 0 saturated carbocycles. The van der Waals surface area contributed by atoms with Crippen LogP contribution in [0.15, 0.2) is 23.3 Å². The maximum Gasteiger partial charge on any atom is 0.168 e. The van der Waals surface area contributed by atoms with Gasteiger partial charge in [0.2, 0.25) is 0 Å². The second kappa shape index (κ2) is 4.97. The van der Waals surface area contributed by atoms with E-state index in [1.165, 1.54) is 18.2 Å². The summed E-state index contributed by atoms with van der Waals surface area (Å²) < 4.78 is 26.0. The number of azide groups is 1. The van der Waals surface area contributed by atoms with Gasteiger partial charge in [0.15, 0.2) is 11.6 Å². The monoisotopic (exact) mass is 210 g/mol. The topological polar surface area (TPSA) is 74.8 Å². The highest BCUT2D eigenvalue weighted by Gasteiger charge is 2.08. The van der Waals surface area contributed by atoms with E-state index in [1.807, 2.05) is 0 Å². The second-order valence-corrected chi connectivity index (χ2v) is 2.68. The number of halogens is 2. The average Bonchev–Trinajstić information content (AvgIpc) is 2.23. The minimum absolute atomic E-state index is 0.0388. The molecule has 6 heteroatoms. The Morgan fingerprint density at radius 3 is 2.87 bits per heavy atom. The van der Waals surface area contributed by atoms with Gasteiger partial charge in [0.1, 0.15) is 0 Å². The normalized spacial score (nSPS) is 10.3. The van der Waals surface area contributed by atoms with Gasteiger partial charge >= 0.3 is 0 Å². The van der Waals surface area contributed by atoms with E-state index < -0.39 is 11.6 Å². The predicted octanol–water partition coefficient (Wildman–Crippen LogP) is 2.87. The number of hydrogen-bond donors (Lipinski definition) is 1. The maximum atomic E-state index is 13.2. The van der Waals surface area contributed by atoms with Gasteiger partial charge in [0.25, 0.3) is 0 Å². The lowest BCUT2D eigenvalue weighted by Crippen LogP contribution is -1.96. The molecule has 0 radical (unpaired) electrons. The van der Waals surface area contributed by atoms with Crippen molar-refractivity contribution in [3.05, 3.63) is 45.8 Å². The molecule has 1 rings (SSSR count). The molecule has 0 aliphatic heterocycles. The van der Waals surface area contributed by atoms with Crippen LogP contribution >= 0.6 is 0 Å². The molecule has 0 aliphatic carbocycles. The fraction of sp³-hybridized carbons (Fsp3) is 0.111. The Kier molecular flexibility index (Phi) is 3.65. The number of anilines is 1. The summed E-state index contributed by atoms with van der Waals surface area (Å²) in [5.41, 5.74) is 13.5. The van der Waals surface area contributed by atoms with Crippen LogP contribution in [0.1, 0.15) is 5.56 Å². The molecule has 4 nitrogen and oxygen atoms in total. The van der Waals surface area contributed by atoms with Gasteiger partial charge in [-0.25, -0.2) is 8.78 Å². The Morgan fingerprint density at radius 2 is 2.20 bits per heavy atom. The molecule has 0 aliphatic rings. The number of nitrogen functional groups attached to an aromatic ring is 1. The molecule has 0 atom stereocenters. The van der Waals surface area contributed by atoms with E-state index in [2.05, 4.69) is 10.0 Å². The summed E-state index contributed by atoms with van der Waals surface area (Å²) in [6.45, 7) is 0.0614. The zero-order valence-electron chi connectivity index (χ0n) is 7.69. The van der Waals surface area contributed by atoms with Crippen LogP contribution in [0.4, 0.5) is 14.5 Å². The van der Waals surface area contributed by atoms with E-state index >= 15 is 0 Å². The van der Waals surface area contributed by atoms with Crippen LogP contribution in [0.25, 0.3) is 16.5 Å². The zero-order valence-corrected chi connectivity index (χ0v) is 7.69. The van der Waals surface area contributed by atoms with E-state index in [1.54, 1.807) is 0 Å². The van der Waals surface area contributed by atoms with Crippen molar-refractivity contribution >= 4 is 11.8 Å². The molecule has 0 fully saturated rings. The van der Waals surface area contributed by atoms with Crippen LogP contribution in [-0.4, -0.2) is 6.54 Å². The van der Waals surface area contributed by atoms with Crippen molar-refractivity contribution in [1.29, 1.82) is 0 Å². The molecule has 0 amide bonds. The fourth-order valence-corrected chi connectivity index (χ4v) is 1.00. The first kappa shape index (κ1) is 11.0. The van der Waals surface area contributed by atoms with Crippen molar-refractivity contribution in [3.63, 3.8) is 0 Å². The van der Waals surface area contributed by atoms with Gasteiger partial charge < -0.3 is 5.73 Å². The van der Waals surface area contributed by atoms with Gasteiger partial charge in [-0.05, 0) is 17.7 Å². The third-order valence-corrected chi connectivity index (χ3v) is 1.70. The fourth-order valence-electron chi connectivity index (χ4n) is 1.00. The summed E-state index contributed by atoms with van der Waals surface area (Å²) in [4.78, 5) is 2.50. The summed E-state index contributed by atoms with van der Waals surface area (Å²) in [6.07, 6.45) is 2.68. The van der Waals surface area contributed by atoms with Crippen molar-refractivity contribution in [2.45, 2.75) is 0 Å². The van der Waals surface area contributed by atoms with Crippen molar-refractivity contribution in [2.75, 3.05) is 12.3 Å². The Morgan fingerprint density at radius 1 is 1.47 bits per heavy atom. The first-order chi connectivity index (χ1) is 7.16. The Hall–Kier alpha value is -2.07. The molecular formula is C9H8F2N4. The minimum Gasteiger partial charge on any atom is -0.398 e. The molecule has 0 saturated heterocycles. The molecule has 2 N–H and O–H groups in total. The number of rotatable bonds is 3. The third-order valence-electron chi connectivity index (χ3n) is 1.70. The molecule has 0 heterocycles. The molecule has 0 aromatic heterocycles. The summed E-state index contributed by atoms with van der Waals surface area (Å²) in [6, 6.07) is 2.22. The summed E-state index contributed by atoms with van der Waals surface area (Å²) in [5.74, 6) is -1.97. The van der Waals surface area contributed by atoms with Crippen LogP contribution in [0, 0.1) is 11.6 Å². The number of nitrogens with zero attached hydrogens (tertiary/aromatic N) is 3. The van der Waals surface area contributed by atoms with Crippen LogP contribution in [-0.2, 0) is 0 Å². The largest absolute Gasteiger partial charge is 0.398 e. The average molecular weight is 210 g/mol. The first-order valence-electron chi connectivity index (χ1n) is 4.07. The van der Waals surface area contributed by atoms with Crippen molar-refractivity contribution in [3.8, 4) is 0 Å². The van der Waals surface area contributed by atoms with Gasteiger partial charge in [0.05, 0.1) is 0 Å².